The molecule has 1 fully saturated rings. The highest BCUT2D eigenvalue weighted by molar-refractivity contribution is 14.0. The molecule has 0 aromatic heterocycles. The summed E-state index contributed by atoms with van der Waals surface area (Å²) in [7, 11) is -3.58. The maximum atomic E-state index is 12.3. The minimum Gasteiger partial charge on any atom is -0.379 e. The van der Waals surface area contributed by atoms with E-state index in [-0.39, 0.29) is 35.4 Å². The molecule has 0 aliphatic carbocycles. The van der Waals surface area contributed by atoms with Crippen molar-refractivity contribution >= 4 is 51.6 Å². The number of aliphatic imine (C=N–C) groups is 1. The van der Waals surface area contributed by atoms with Crippen LogP contribution >= 0.6 is 35.6 Å². The van der Waals surface area contributed by atoms with E-state index in [0.717, 1.165) is 45.8 Å². The first-order chi connectivity index (χ1) is 13.5. The molecular weight excluding hydrogens is 529 g/mol. The molecule has 29 heavy (non-hydrogen) atoms. The minimum absolute atomic E-state index is 0. The number of nitrogens with one attached hydrogen (secondary N) is 3. The predicted octanol–water partition coefficient (Wildman–Crippen LogP) is 1.51. The van der Waals surface area contributed by atoms with E-state index < -0.39 is 10.0 Å². The molecule has 1 aromatic rings. The Morgan fingerprint density at radius 2 is 2.00 bits per heavy atom. The number of hydrogen-bond donors (Lipinski definition) is 3. The van der Waals surface area contributed by atoms with Gasteiger partial charge >= 0.3 is 0 Å². The fourth-order valence-electron chi connectivity index (χ4n) is 2.74. The molecule has 1 aliphatic heterocycles. The van der Waals surface area contributed by atoms with Gasteiger partial charge in [0.1, 0.15) is 0 Å². The number of morpholine rings is 1. The molecule has 1 heterocycles. The molecule has 3 N–H and O–H groups in total. The van der Waals surface area contributed by atoms with Gasteiger partial charge in [-0.3, -0.25) is 9.89 Å². The summed E-state index contributed by atoms with van der Waals surface area (Å²) < 4.78 is 32.4. The smallest absolute Gasteiger partial charge is 0.240 e. The molecule has 1 aliphatic rings. The molecule has 0 spiro atoms. The zero-order chi connectivity index (χ0) is 20.2. The van der Waals surface area contributed by atoms with Gasteiger partial charge in [0, 0.05) is 50.8 Å². The lowest BCUT2D eigenvalue weighted by Gasteiger charge is -2.26. The van der Waals surface area contributed by atoms with E-state index in [4.69, 9.17) is 16.3 Å². The molecule has 0 atom stereocenters. The number of ether oxygens (including phenoxy) is 1. The number of nitrogens with zero attached hydrogens (tertiary/aromatic N) is 2. The Balaban J connectivity index is 0.00000420. The van der Waals surface area contributed by atoms with E-state index in [0.29, 0.717) is 24.1 Å². The summed E-state index contributed by atoms with van der Waals surface area (Å²) in [6.07, 6.45) is 0.970. The van der Waals surface area contributed by atoms with Crippen molar-refractivity contribution in [3.8, 4) is 0 Å². The first-order valence-electron chi connectivity index (χ1n) is 9.59. The summed E-state index contributed by atoms with van der Waals surface area (Å²) in [6.45, 7) is 8.69. The Morgan fingerprint density at radius 3 is 2.69 bits per heavy atom. The van der Waals surface area contributed by atoms with E-state index in [2.05, 4.69) is 25.2 Å². The fraction of sp³-hybridized carbons (Fsp3) is 0.611. The number of benzene rings is 1. The highest BCUT2D eigenvalue weighted by atomic mass is 127. The van der Waals surface area contributed by atoms with Crippen LogP contribution in [0.5, 0.6) is 0 Å². The second-order valence-corrected chi connectivity index (χ2v) is 8.55. The van der Waals surface area contributed by atoms with E-state index in [9.17, 15) is 8.42 Å². The topological polar surface area (TPSA) is 95.1 Å². The van der Waals surface area contributed by atoms with Crippen molar-refractivity contribution in [2.24, 2.45) is 4.99 Å². The van der Waals surface area contributed by atoms with E-state index in [1.807, 2.05) is 6.92 Å². The number of rotatable bonds is 10. The molecule has 8 nitrogen and oxygen atoms in total. The van der Waals surface area contributed by atoms with E-state index >= 15 is 0 Å². The normalized spacial score (nSPS) is 15.6. The van der Waals surface area contributed by atoms with Gasteiger partial charge < -0.3 is 15.4 Å². The van der Waals surface area contributed by atoms with Crippen LogP contribution in [-0.2, 0) is 14.8 Å². The third-order valence-electron chi connectivity index (χ3n) is 4.17. The number of halogens is 2. The highest BCUT2D eigenvalue weighted by Crippen LogP contribution is 2.14. The average Bonchev–Trinajstić information content (AvgIpc) is 2.69. The number of sulfonamides is 1. The fourth-order valence-corrected chi connectivity index (χ4v) is 4.07. The first kappa shape index (κ1) is 26.4. The standard InChI is InChI=1S/C18H30ClN5O3S.HI/c1-2-20-18(21-7-4-10-24-11-13-27-14-12-24)22-8-9-23-28(25,26)17-6-3-5-16(19)15-17;/h3,5-6,15,23H,2,4,7-14H2,1H3,(H2,20,21,22);1H. The molecule has 11 heteroatoms. The largest absolute Gasteiger partial charge is 0.379 e. The number of hydrogen-bond acceptors (Lipinski definition) is 5. The van der Waals surface area contributed by atoms with E-state index in [1.54, 1.807) is 12.1 Å². The molecule has 0 bridgehead atoms. The van der Waals surface area contributed by atoms with Gasteiger partial charge in [-0.25, -0.2) is 13.1 Å². The highest BCUT2D eigenvalue weighted by Gasteiger charge is 2.13. The minimum atomic E-state index is -3.58. The lowest BCUT2D eigenvalue weighted by atomic mass is 10.3. The van der Waals surface area contributed by atoms with Crippen LogP contribution in [0, 0.1) is 0 Å². The van der Waals surface area contributed by atoms with Crippen LogP contribution < -0.4 is 15.4 Å². The monoisotopic (exact) mass is 559 g/mol. The van der Waals surface area contributed by atoms with Gasteiger partial charge in [-0.05, 0) is 31.5 Å². The lowest BCUT2D eigenvalue weighted by Crippen LogP contribution is -2.41. The van der Waals surface area contributed by atoms with E-state index in [1.165, 1.54) is 12.1 Å². The summed E-state index contributed by atoms with van der Waals surface area (Å²) >= 11 is 5.86. The predicted molar refractivity (Wildman–Crippen MR) is 128 cm³/mol. The zero-order valence-corrected chi connectivity index (χ0v) is 20.6. The van der Waals surface area contributed by atoms with Gasteiger partial charge in [0.15, 0.2) is 5.96 Å². The van der Waals surface area contributed by atoms with Crippen molar-refractivity contribution in [1.82, 2.24) is 20.3 Å². The Kier molecular flexibility index (Phi) is 13.1. The Hall–Kier alpha value is -0.660. The van der Waals surface area contributed by atoms with Gasteiger partial charge in [0.2, 0.25) is 10.0 Å². The first-order valence-corrected chi connectivity index (χ1v) is 11.4. The van der Waals surface area contributed by atoms with Crippen LogP contribution in [0.25, 0.3) is 0 Å². The molecule has 0 radical (unpaired) electrons. The summed E-state index contributed by atoms with van der Waals surface area (Å²) in [6, 6.07) is 6.20. The molecule has 1 aromatic carbocycles. The molecule has 166 valence electrons. The summed E-state index contributed by atoms with van der Waals surface area (Å²) in [5.74, 6) is 0.687. The molecule has 0 saturated carbocycles. The maximum absolute atomic E-state index is 12.3. The molecule has 2 rings (SSSR count). The molecule has 1 saturated heterocycles. The van der Waals surface area contributed by atoms with Crippen LogP contribution in [0.4, 0.5) is 0 Å². The SMILES string of the molecule is CCNC(=NCCCN1CCOCC1)NCCNS(=O)(=O)c1cccc(Cl)c1.I. The van der Waals surface area contributed by atoms with Crippen molar-refractivity contribution in [1.29, 1.82) is 0 Å². The van der Waals surface area contributed by atoms with Crippen molar-refractivity contribution in [2.45, 2.75) is 18.2 Å². The molecule has 0 amide bonds. The van der Waals surface area contributed by atoms with Gasteiger partial charge in [-0.1, -0.05) is 17.7 Å². The summed E-state index contributed by atoms with van der Waals surface area (Å²) in [5.41, 5.74) is 0. The Morgan fingerprint density at radius 1 is 1.24 bits per heavy atom. The third kappa shape index (κ3) is 10.3. The van der Waals surface area contributed by atoms with Gasteiger partial charge in [-0.15, -0.1) is 24.0 Å². The van der Waals surface area contributed by atoms with Crippen LogP contribution in [0.2, 0.25) is 5.02 Å². The Bertz CT molecular complexity index is 730. The zero-order valence-electron chi connectivity index (χ0n) is 16.7. The quantitative estimate of drug-likeness (QED) is 0.174. The maximum Gasteiger partial charge on any atom is 0.240 e. The van der Waals surface area contributed by atoms with Crippen LogP contribution in [-0.4, -0.2) is 78.3 Å². The summed E-state index contributed by atoms with van der Waals surface area (Å²) in [5, 5.41) is 6.70. The number of guanidine groups is 1. The molecule has 0 unspecified atom stereocenters. The van der Waals surface area contributed by atoms with Crippen LogP contribution in [0.15, 0.2) is 34.2 Å². The third-order valence-corrected chi connectivity index (χ3v) is 5.86. The summed E-state index contributed by atoms with van der Waals surface area (Å²) in [4.78, 5) is 7.08. The Labute approximate surface area is 195 Å². The van der Waals surface area contributed by atoms with Gasteiger partial charge in [0.05, 0.1) is 18.1 Å². The van der Waals surface area contributed by atoms with Gasteiger partial charge in [0.25, 0.3) is 0 Å². The van der Waals surface area contributed by atoms with Gasteiger partial charge in [-0.2, -0.15) is 0 Å². The van der Waals surface area contributed by atoms with Crippen LogP contribution in [0.1, 0.15) is 13.3 Å². The molecular formula is C18H31ClIN5O3S. The second kappa shape index (κ2) is 14.4. The second-order valence-electron chi connectivity index (χ2n) is 6.35. The van der Waals surface area contributed by atoms with Crippen LogP contribution in [0.3, 0.4) is 0 Å². The van der Waals surface area contributed by atoms with Crippen molar-refractivity contribution < 1.29 is 13.2 Å². The van der Waals surface area contributed by atoms with Crippen molar-refractivity contribution in [3.05, 3.63) is 29.3 Å². The van der Waals surface area contributed by atoms with Crippen molar-refractivity contribution in [3.63, 3.8) is 0 Å². The lowest BCUT2D eigenvalue weighted by molar-refractivity contribution is 0.0377. The average molecular weight is 560 g/mol. The van der Waals surface area contributed by atoms with Crippen molar-refractivity contribution in [2.75, 3.05) is 59.0 Å².